The Kier molecular flexibility index (Phi) is 5.99. The van der Waals surface area contributed by atoms with Gasteiger partial charge in [0.1, 0.15) is 0 Å². The maximum Gasteiger partial charge on any atom is 0.311 e. The van der Waals surface area contributed by atoms with Crippen molar-refractivity contribution in [3.05, 3.63) is 0 Å². The molecule has 0 aromatic heterocycles. The molecular weight excluding hydrogens is 256 g/mol. The first-order valence-electron chi connectivity index (χ1n) is 7.50. The van der Waals surface area contributed by atoms with Gasteiger partial charge in [-0.1, -0.05) is 27.7 Å². The summed E-state index contributed by atoms with van der Waals surface area (Å²) in [5.74, 6) is -0.0949. The van der Waals surface area contributed by atoms with Crippen LogP contribution in [0, 0.1) is 17.3 Å². The van der Waals surface area contributed by atoms with Crippen molar-refractivity contribution in [1.82, 2.24) is 10.2 Å². The number of hydrogen-bond donors (Lipinski definition) is 2. The minimum absolute atomic E-state index is 0.00408. The SMILES string of the molecule is CC(C)CCNC(=O)CN1CCC(C(=O)O)(C(C)C)C1. The molecule has 1 unspecified atom stereocenters. The van der Waals surface area contributed by atoms with E-state index >= 15 is 0 Å². The number of amides is 1. The van der Waals surface area contributed by atoms with Crippen LogP contribution in [0.5, 0.6) is 0 Å². The van der Waals surface area contributed by atoms with Gasteiger partial charge in [-0.2, -0.15) is 0 Å². The van der Waals surface area contributed by atoms with Crippen LogP contribution in [0.25, 0.3) is 0 Å². The third-order valence-corrected chi connectivity index (χ3v) is 4.32. The van der Waals surface area contributed by atoms with Crippen LogP contribution < -0.4 is 5.32 Å². The van der Waals surface area contributed by atoms with E-state index in [4.69, 9.17) is 0 Å². The Morgan fingerprint density at radius 1 is 1.30 bits per heavy atom. The van der Waals surface area contributed by atoms with Crippen LogP contribution in [0.2, 0.25) is 0 Å². The fourth-order valence-electron chi connectivity index (χ4n) is 2.70. The number of aliphatic carboxylic acids is 1. The highest BCUT2D eigenvalue weighted by Gasteiger charge is 2.47. The molecule has 116 valence electrons. The molecule has 1 atom stereocenters. The van der Waals surface area contributed by atoms with Gasteiger partial charge < -0.3 is 10.4 Å². The summed E-state index contributed by atoms with van der Waals surface area (Å²) in [5.41, 5.74) is -0.696. The number of carbonyl (C=O) groups is 2. The molecule has 0 saturated carbocycles. The van der Waals surface area contributed by atoms with Crippen LogP contribution in [0.15, 0.2) is 0 Å². The van der Waals surface area contributed by atoms with E-state index < -0.39 is 11.4 Å². The van der Waals surface area contributed by atoms with E-state index in [0.29, 0.717) is 38.5 Å². The second-order valence-corrected chi connectivity index (χ2v) is 6.61. The molecule has 0 aliphatic carbocycles. The Hall–Kier alpha value is -1.10. The molecule has 1 amide bonds. The molecule has 0 bridgehead atoms. The first-order chi connectivity index (χ1) is 9.28. The lowest BCUT2D eigenvalue weighted by Gasteiger charge is -2.28. The van der Waals surface area contributed by atoms with Crippen LogP contribution in [-0.2, 0) is 9.59 Å². The molecule has 1 saturated heterocycles. The van der Waals surface area contributed by atoms with Crippen LogP contribution in [0.3, 0.4) is 0 Å². The summed E-state index contributed by atoms with van der Waals surface area (Å²) >= 11 is 0. The highest BCUT2D eigenvalue weighted by atomic mass is 16.4. The summed E-state index contributed by atoms with van der Waals surface area (Å²) in [7, 11) is 0. The molecule has 0 spiro atoms. The molecule has 2 N–H and O–H groups in total. The van der Waals surface area contributed by atoms with Gasteiger partial charge >= 0.3 is 5.97 Å². The van der Waals surface area contributed by atoms with Crippen molar-refractivity contribution in [2.75, 3.05) is 26.2 Å². The highest BCUT2D eigenvalue weighted by Crippen LogP contribution is 2.37. The standard InChI is InChI=1S/C15H28N2O3/c1-11(2)5-7-16-13(18)9-17-8-6-15(10-17,12(3)4)14(19)20/h11-12H,5-10H2,1-4H3,(H,16,18)(H,19,20). The highest BCUT2D eigenvalue weighted by molar-refractivity contribution is 5.79. The largest absolute Gasteiger partial charge is 0.481 e. The summed E-state index contributed by atoms with van der Waals surface area (Å²) in [6.45, 7) is 10.3. The molecule has 1 aliphatic rings. The quantitative estimate of drug-likeness (QED) is 0.745. The van der Waals surface area contributed by atoms with Crippen molar-refractivity contribution in [3.63, 3.8) is 0 Å². The Morgan fingerprint density at radius 3 is 2.40 bits per heavy atom. The number of carboxylic acid groups (broad SMARTS) is 1. The van der Waals surface area contributed by atoms with E-state index in [2.05, 4.69) is 19.2 Å². The summed E-state index contributed by atoms with van der Waals surface area (Å²) in [4.78, 5) is 25.3. The predicted molar refractivity (Wildman–Crippen MR) is 78.4 cm³/mol. The fourth-order valence-corrected chi connectivity index (χ4v) is 2.70. The first kappa shape index (κ1) is 17.0. The maximum atomic E-state index is 11.8. The minimum atomic E-state index is -0.741. The lowest BCUT2D eigenvalue weighted by molar-refractivity contribution is -0.151. The van der Waals surface area contributed by atoms with Gasteiger partial charge in [-0.3, -0.25) is 14.5 Å². The second kappa shape index (κ2) is 7.07. The molecule has 1 heterocycles. The Labute approximate surface area is 121 Å². The molecule has 1 aliphatic heterocycles. The van der Waals surface area contributed by atoms with Crippen LogP contribution in [0.1, 0.15) is 40.5 Å². The van der Waals surface area contributed by atoms with E-state index in [1.165, 1.54) is 0 Å². The molecular formula is C15H28N2O3. The van der Waals surface area contributed by atoms with Crippen molar-refractivity contribution in [2.45, 2.75) is 40.5 Å². The minimum Gasteiger partial charge on any atom is -0.481 e. The molecule has 0 aromatic rings. The average molecular weight is 284 g/mol. The third-order valence-electron chi connectivity index (χ3n) is 4.32. The summed E-state index contributed by atoms with van der Waals surface area (Å²) in [6, 6.07) is 0. The van der Waals surface area contributed by atoms with Gasteiger partial charge in [0, 0.05) is 13.1 Å². The molecule has 0 aromatic carbocycles. The Morgan fingerprint density at radius 2 is 1.95 bits per heavy atom. The van der Waals surface area contributed by atoms with Gasteiger partial charge in [0.05, 0.1) is 12.0 Å². The van der Waals surface area contributed by atoms with Crippen molar-refractivity contribution in [1.29, 1.82) is 0 Å². The number of nitrogens with zero attached hydrogens (tertiary/aromatic N) is 1. The van der Waals surface area contributed by atoms with Crippen LogP contribution >= 0.6 is 0 Å². The third kappa shape index (κ3) is 4.20. The molecule has 5 nitrogen and oxygen atoms in total. The molecule has 1 rings (SSSR count). The molecule has 0 radical (unpaired) electrons. The summed E-state index contributed by atoms with van der Waals surface area (Å²) in [6.07, 6.45) is 1.59. The lowest BCUT2D eigenvalue weighted by atomic mass is 9.76. The molecule has 20 heavy (non-hydrogen) atoms. The van der Waals surface area contributed by atoms with Crippen molar-refractivity contribution in [3.8, 4) is 0 Å². The smallest absolute Gasteiger partial charge is 0.311 e. The molecule has 5 heteroatoms. The Balaban J connectivity index is 2.44. The zero-order valence-corrected chi connectivity index (χ0v) is 13.1. The van der Waals surface area contributed by atoms with E-state index in [1.807, 2.05) is 18.7 Å². The normalized spacial score (nSPS) is 23.5. The van der Waals surface area contributed by atoms with Gasteiger partial charge in [-0.25, -0.2) is 0 Å². The predicted octanol–water partition coefficient (Wildman–Crippen LogP) is 1.58. The van der Waals surface area contributed by atoms with Crippen molar-refractivity contribution >= 4 is 11.9 Å². The van der Waals surface area contributed by atoms with Gasteiger partial charge in [0.25, 0.3) is 0 Å². The van der Waals surface area contributed by atoms with Gasteiger partial charge in [0.2, 0.25) is 5.91 Å². The van der Waals surface area contributed by atoms with Crippen LogP contribution in [0.4, 0.5) is 0 Å². The lowest BCUT2D eigenvalue weighted by Crippen LogP contribution is -2.42. The number of hydrogen-bond acceptors (Lipinski definition) is 3. The topological polar surface area (TPSA) is 69.6 Å². The van der Waals surface area contributed by atoms with E-state index in [1.54, 1.807) is 0 Å². The summed E-state index contributed by atoms with van der Waals surface area (Å²) < 4.78 is 0. The van der Waals surface area contributed by atoms with Gasteiger partial charge in [-0.15, -0.1) is 0 Å². The number of carbonyl (C=O) groups excluding carboxylic acids is 1. The molecule has 1 fully saturated rings. The number of carboxylic acids is 1. The number of rotatable bonds is 7. The van der Waals surface area contributed by atoms with Gasteiger partial charge in [0.15, 0.2) is 0 Å². The number of nitrogens with one attached hydrogen (secondary N) is 1. The maximum absolute atomic E-state index is 11.8. The zero-order chi connectivity index (χ0) is 15.3. The van der Waals surface area contributed by atoms with E-state index in [0.717, 1.165) is 6.42 Å². The van der Waals surface area contributed by atoms with Gasteiger partial charge in [-0.05, 0) is 31.2 Å². The second-order valence-electron chi connectivity index (χ2n) is 6.61. The zero-order valence-electron chi connectivity index (χ0n) is 13.1. The van der Waals surface area contributed by atoms with E-state index in [9.17, 15) is 14.7 Å². The summed E-state index contributed by atoms with van der Waals surface area (Å²) in [5, 5.41) is 12.4. The fraction of sp³-hybridized carbons (Fsp3) is 0.867. The van der Waals surface area contributed by atoms with E-state index in [-0.39, 0.29) is 11.8 Å². The average Bonchev–Trinajstić information content (AvgIpc) is 2.73. The van der Waals surface area contributed by atoms with Crippen molar-refractivity contribution in [2.24, 2.45) is 17.3 Å². The monoisotopic (exact) mass is 284 g/mol. The first-order valence-corrected chi connectivity index (χ1v) is 7.50. The number of likely N-dealkylation sites (tertiary alicyclic amines) is 1. The van der Waals surface area contributed by atoms with Crippen molar-refractivity contribution < 1.29 is 14.7 Å². The van der Waals surface area contributed by atoms with Crippen LogP contribution in [-0.4, -0.2) is 48.1 Å². The Bertz CT molecular complexity index is 355.